The van der Waals surface area contributed by atoms with E-state index in [1.54, 1.807) is 48.4 Å². The van der Waals surface area contributed by atoms with Crippen LogP contribution in [0.2, 0.25) is 0 Å². The second kappa shape index (κ2) is 8.60. The number of nitrogens with zero attached hydrogens (tertiary/aromatic N) is 4. The van der Waals surface area contributed by atoms with Crippen molar-refractivity contribution in [1.29, 1.82) is 0 Å². The van der Waals surface area contributed by atoms with Crippen LogP contribution in [0.15, 0.2) is 73.4 Å². The van der Waals surface area contributed by atoms with Crippen LogP contribution in [0.25, 0.3) is 5.69 Å². The maximum absolute atomic E-state index is 13.2. The van der Waals surface area contributed by atoms with E-state index in [1.165, 1.54) is 18.3 Å². The number of para-hydroxylation sites is 2. The maximum Gasteiger partial charge on any atom is 0.259 e. The quantitative estimate of drug-likeness (QED) is 0.507. The van der Waals surface area contributed by atoms with Gasteiger partial charge in [0.2, 0.25) is 0 Å². The molecule has 4 aromatic rings. The second-order valence-corrected chi connectivity index (χ2v) is 6.63. The Bertz CT molecular complexity index is 1140. The van der Waals surface area contributed by atoms with Crippen LogP contribution in [0, 0.1) is 12.7 Å². The molecule has 2 heterocycles. The largest absolute Gasteiger partial charge is 0.490 e. The molecule has 1 amide bonds. The van der Waals surface area contributed by atoms with Crippen molar-refractivity contribution in [2.45, 2.75) is 13.5 Å². The summed E-state index contributed by atoms with van der Waals surface area (Å²) in [6, 6.07) is 13.2. The lowest BCUT2D eigenvalue weighted by molar-refractivity contribution is 0.102. The normalized spacial score (nSPS) is 10.7. The molecular weight excluding hydrogens is 385 g/mol. The van der Waals surface area contributed by atoms with Crippen LogP contribution in [0.1, 0.15) is 16.1 Å². The van der Waals surface area contributed by atoms with Crippen molar-refractivity contribution >= 4 is 11.6 Å². The Morgan fingerprint density at radius 3 is 2.73 bits per heavy atom. The van der Waals surface area contributed by atoms with Gasteiger partial charge < -0.3 is 14.6 Å². The predicted molar refractivity (Wildman–Crippen MR) is 110 cm³/mol. The van der Waals surface area contributed by atoms with Crippen molar-refractivity contribution in [2.24, 2.45) is 0 Å². The minimum absolute atomic E-state index is 0.300. The van der Waals surface area contributed by atoms with E-state index in [-0.39, 0.29) is 11.7 Å². The molecule has 0 radical (unpaired) electrons. The Hall–Kier alpha value is -3.94. The van der Waals surface area contributed by atoms with E-state index in [4.69, 9.17) is 4.74 Å². The zero-order valence-corrected chi connectivity index (χ0v) is 16.3. The lowest BCUT2D eigenvalue weighted by atomic mass is 10.2. The SMILES string of the molecule is Cc1c(C(=O)Nc2ccccc2OCCn2ccnc2)cnn1-c1ccc(F)cc1. The van der Waals surface area contributed by atoms with Gasteiger partial charge in [-0.25, -0.2) is 14.1 Å². The highest BCUT2D eigenvalue weighted by molar-refractivity contribution is 6.05. The summed E-state index contributed by atoms with van der Waals surface area (Å²) in [5.74, 6) is -0.0489. The van der Waals surface area contributed by atoms with E-state index >= 15 is 0 Å². The monoisotopic (exact) mass is 405 g/mol. The van der Waals surface area contributed by atoms with E-state index in [1.807, 2.05) is 22.9 Å². The van der Waals surface area contributed by atoms with Crippen molar-refractivity contribution in [3.05, 3.63) is 90.5 Å². The summed E-state index contributed by atoms with van der Waals surface area (Å²) in [6.45, 7) is 2.87. The number of halogens is 1. The number of benzene rings is 2. The molecule has 0 atom stereocenters. The molecule has 0 saturated heterocycles. The van der Waals surface area contributed by atoms with Crippen molar-refractivity contribution < 1.29 is 13.9 Å². The molecule has 0 unspecified atom stereocenters. The molecule has 2 aromatic carbocycles. The maximum atomic E-state index is 13.2. The summed E-state index contributed by atoms with van der Waals surface area (Å²) in [6.07, 6.45) is 6.79. The molecule has 0 spiro atoms. The number of anilines is 1. The summed E-state index contributed by atoms with van der Waals surface area (Å²) in [5, 5.41) is 7.16. The fourth-order valence-electron chi connectivity index (χ4n) is 3.04. The van der Waals surface area contributed by atoms with Gasteiger partial charge in [-0.05, 0) is 43.3 Å². The number of carbonyl (C=O) groups excluding carboxylic acids is 1. The molecule has 7 nitrogen and oxygen atoms in total. The highest BCUT2D eigenvalue weighted by Crippen LogP contribution is 2.25. The van der Waals surface area contributed by atoms with Crippen molar-refractivity contribution in [2.75, 3.05) is 11.9 Å². The van der Waals surface area contributed by atoms with Crippen LogP contribution in [-0.2, 0) is 6.54 Å². The van der Waals surface area contributed by atoms with E-state index in [0.29, 0.717) is 41.5 Å². The Balaban J connectivity index is 1.47. The first-order chi connectivity index (χ1) is 14.6. The summed E-state index contributed by atoms with van der Waals surface area (Å²) >= 11 is 0. The number of aromatic nitrogens is 4. The molecular formula is C22H20FN5O2. The van der Waals surface area contributed by atoms with E-state index in [2.05, 4.69) is 15.4 Å². The number of amides is 1. The zero-order valence-electron chi connectivity index (χ0n) is 16.3. The molecule has 0 saturated carbocycles. The van der Waals surface area contributed by atoms with Crippen molar-refractivity contribution in [1.82, 2.24) is 19.3 Å². The number of ether oxygens (including phenoxy) is 1. The number of rotatable bonds is 7. The van der Waals surface area contributed by atoms with E-state index < -0.39 is 0 Å². The number of imidazole rings is 1. The van der Waals surface area contributed by atoms with Gasteiger partial charge in [0.05, 0.1) is 41.7 Å². The molecule has 8 heteroatoms. The van der Waals surface area contributed by atoms with Crippen LogP contribution < -0.4 is 10.1 Å². The fraction of sp³-hybridized carbons (Fsp3) is 0.136. The second-order valence-electron chi connectivity index (χ2n) is 6.63. The lowest BCUT2D eigenvalue weighted by Crippen LogP contribution is -2.15. The molecule has 152 valence electrons. The molecule has 0 bridgehead atoms. The van der Waals surface area contributed by atoms with Gasteiger partial charge in [0.1, 0.15) is 18.2 Å². The molecule has 0 aliphatic heterocycles. The predicted octanol–water partition coefficient (Wildman–Crippen LogP) is 3.85. The topological polar surface area (TPSA) is 74.0 Å². The molecule has 1 N–H and O–H groups in total. The lowest BCUT2D eigenvalue weighted by Gasteiger charge is -2.13. The number of hydrogen-bond acceptors (Lipinski definition) is 4. The first-order valence-electron chi connectivity index (χ1n) is 9.41. The van der Waals surface area contributed by atoms with Gasteiger partial charge >= 0.3 is 0 Å². The van der Waals surface area contributed by atoms with Gasteiger partial charge in [-0.15, -0.1) is 0 Å². The number of nitrogens with one attached hydrogen (secondary N) is 1. The summed E-state index contributed by atoms with van der Waals surface area (Å²) < 4.78 is 22.5. The minimum atomic E-state index is -0.328. The minimum Gasteiger partial charge on any atom is -0.490 e. The van der Waals surface area contributed by atoms with Gasteiger partial charge in [0, 0.05) is 12.4 Å². The van der Waals surface area contributed by atoms with Crippen LogP contribution in [0.4, 0.5) is 10.1 Å². The zero-order chi connectivity index (χ0) is 20.9. The summed E-state index contributed by atoms with van der Waals surface area (Å²) in [4.78, 5) is 16.9. The fourth-order valence-corrected chi connectivity index (χ4v) is 3.04. The third-order valence-corrected chi connectivity index (χ3v) is 4.63. The van der Waals surface area contributed by atoms with Gasteiger partial charge in [-0.3, -0.25) is 4.79 Å². The third kappa shape index (κ3) is 4.22. The highest BCUT2D eigenvalue weighted by atomic mass is 19.1. The van der Waals surface area contributed by atoms with Crippen LogP contribution >= 0.6 is 0 Å². The van der Waals surface area contributed by atoms with Crippen LogP contribution in [0.5, 0.6) is 5.75 Å². The summed E-state index contributed by atoms with van der Waals surface area (Å²) in [7, 11) is 0. The Morgan fingerprint density at radius 2 is 1.97 bits per heavy atom. The van der Waals surface area contributed by atoms with Gasteiger partial charge in [0.25, 0.3) is 5.91 Å². The van der Waals surface area contributed by atoms with E-state index in [0.717, 1.165) is 0 Å². The molecule has 2 aromatic heterocycles. The average molecular weight is 405 g/mol. The third-order valence-electron chi connectivity index (χ3n) is 4.63. The molecule has 0 fully saturated rings. The Labute approximate surface area is 172 Å². The summed E-state index contributed by atoms with van der Waals surface area (Å²) in [5.41, 5.74) is 2.32. The molecule has 30 heavy (non-hydrogen) atoms. The van der Waals surface area contributed by atoms with Crippen molar-refractivity contribution in [3.63, 3.8) is 0 Å². The molecule has 0 aliphatic carbocycles. The average Bonchev–Trinajstić information content (AvgIpc) is 3.40. The Morgan fingerprint density at radius 1 is 1.17 bits per heavy atom. The number of hydrogen-bond donors (Lipinski definition) is 1. The van der Waals surface area contributed by atoms with Gasteiger partial charge in [-0.1, -0.05) is 12.1 Å². The smallest absolute Gasteiger partial charge is 0.259 e. The molecule has 0 aliphatic rings. The van der Waals surface area contributed by atoms with Gasteiger partial charge in [-0.2, -0.15) is 5.10 Å². The first kappa shape index (κ1) is 19.4. The first-order valence-corrected chi connectivity index (χ1v) is 9.41. The van der Waals surface area contributed by atoms with Gasteiger partial charge in [0.15, 0.2) is 0 Å². The Kier molecular flexibility index (Phi) is 5.56. The van der Waals surface area contributed by atoms with Crippen molar-refractivity contribution in [3.8, 4) is 11.4 Å². The van der Waals surface area contributed by atoms with E-state index in [9.17, 15) is 9.18 Å². The highest BCUT2D eigenvalue weighted by Gasteiger charge is 2.17. The standard InChI is InChI=1S/C22H20FN5O2/c1-16-19(14-25-28(16)18-8-6-17(23)7-9-18)22(29)26-20-4-2-3-5-21(20)30-13-12-27-11-10-24-15-27/h2-11,14-15H,12-13H2,1H3,(H,26,29). The van der Waals surface area contributed by atoms with Crippen LogP contribution in [-0.4, -0.2) is 31.8 Å². The van der Waals surface area contributed by atoms with Crippen LogP contribution in [0.3, 0.4) is 0 Å². The molecule has 4 rings (SSSR count). The number of carbonyl (C=O) groups is 1.